The molecule has 0 unspecified atom stereocenters. The van der Waals surface area contributed by atoms with Crippen LogP contribution in [-0.4, -0.2) is 18.2 Å². The van der Waals surface area contributed by atoms with Gasteiger partial charge in [-0.25, -0.2) is 5.43 Å². The lowest BCUT2D eigenvalue weighted by molar-refractivity contribution is -0.119. The summed E-state index contributed by atoms with van der Waals surface area (Å²) in [7, 11) is 0. The molecule has 18 heavy (non-hydrogen) atoms. The van der Waals surface area contributed by atoms with Crippen molar-refractivity contribution in [1.29, 1.82) is 0 Å². The Morgan fingerprint density at radius 1 is 1.22 bits per heavy atom. The van der Waals surface area contributed by atoms with Crippen LogP contribution in [0.25, 0.3) is 0 Å². The second-order valence-electron chi connectivity index (χ2n) is 3.69. The van der Waals surface area contributed by atoms with Crippen molar-refractivity contribution in [3.05, 3.63) is 25.6 Å². The first-order valence-electron chi connectivity index (χ1n) is 5.08. The maximum Gasteiger partial charge on any atom is 0.259 e. The van der Waals surface area contributed by atoms with Crippen LogP contribution in [0.1, 0.15) is 13.8 Å². The molecule has 1 rings (SSSR count). The van der Waals surface area contributed by atoms with Gasteiger partial charge >= 0.3 is 0 Å². The fourth-order valence-corrected chi connectivity index (χ4v) is 3.63. The van der Waals surface area contributed by atoms with Gasteiger partial charge in [0.2, 0.25) is 0 Å². The molecule has 1 amide bonds. The molecule has 0 atom stereocenters. The van der Waals surface area contributed by atoms with Gasteiger partial charge in [0.05, 0.1) is 12.2 Å². The Bertz CT molecular complexity index is 461. The third kappa shape index (κ3) is 5.07. The number of hydrazone groups is 1. The Kier molecular flexibility index (Phi) is 6.31. The van der Waals surface area contributed by atoms with E-state index in [1.54, 1.807) is 0 Å². The van der Waals surface area contributed by atoms with Crippen molar-refractivity contribution in [2.45, 2.75) is 13.8 Å². The summed E-state index contributed by atoms with van der Waals surface area (Å²) in [5.41, 5.74) is 4.07. The van der Waals surface area contributed by atoms with Crippen molar-refractivity contribution in [3.63, 3.8) is 0 Å². The summed E-state index contributed by atoms with van der Waals surface area (Å²) in [5.74, 6) is -0.196. The zero-order valence-electron chi connectivity index (χ0n) is 9.85. The molecule has 0 aliphatic heterocycles. The first-order chi connectivity index (χ1) is 8.40. The molecule has 0 saturated heterocycles. The maximum absolute atomic E-state index is 11.5. The smallest absolute Gasteiger partial charge is 0.259 e. The van der Waals surface area contributed by atoms with E-state index < -0.39 is 0 Å². The molecule has 0 radical (unpaired) electrons. The number of rotatable bonds is 4. The minimum atomic E-state index is -0.196. The average molecular weight is 442 g/mol. The van der Waals surface area contributed by atoms with Crippen LogP contribution in [0.15, 0.2) is 30.7 Å². The van der Waals surface area contributed by atoms with E-state index in [4.69, 9.17) is 0 Å². The monoisotopic (exact) mass is 439 g/mol. The van der Waals surface area contributed by atoms with Crippen molar-refractivity contribution in [2.24, 2.45) is 5.10 Å². The summed E-state index contributed by atoms with van der Waals surface area (Å²) in [4.78, 5) is 11.5. The number of nitrogens with one attached hydrogen (secondary N) is 2. The molecule has 0 aliphatic carbocycles. The minimum Gasteiger partial charge on any atom is -0.374 e. The largest absolute Gasteiger partial charge is 0.374 e. The number of anilines is 1. The van der Waals surface area contributed by atoms with E-state index >= 15 is 0 Å². The number of hydrogen-bond acceptors (Lipinski definition) is 3. The summed E-state index contributed by atoms with van der Waals surface area (Å²) < 4.78 is 2.68. The van der Waals surface area contributed by atoms with Gasteiger partial charge in [0.1, 0.15) is 0 Å². The normalized spacial score (nSPS) is 9.83. The fraction of sp³-hybridized carbons (Fsp3) is 0.273. The predicted octanol–water partition coefficient (Wildman–Crippen LogP) is 3.90. The van der Waals surface area contributed by atoms with E-state index in [1.165, 1.54) is 0 Å². The third-order valence-electron chi connectivity index (χ3n) is 1.84. The van der Waals surface area contributed by atoms with Crippen LogP contribution in [0.4, 0.5) is 5.69 Å². The fourth-order valence-electron chi connectivity index (χ4n) is 1.09. The van der Waals surface area contributed by atoms with Crippen LogP contribution < -0.4 is 10.7 Å². The first-order valence-corrected chi connectivity index (χ1v) is 7.46. The Hall–Kier alpha value is -0.400. The molecule has 98 valence electrons. The highest BCUT2D eigenvalue weighted by atomic mass is 79.9. The predicted molar refractivity (Wildman–Crippen MR) is 85.0 cm³/mol. The van der Waals surface area contributed by atoms with Crippen LogP contribution in [0, 0.1) is 0 Å². The molecule has 4 nitrogen and oxygen atoms in total. The topological polar surface area (TPSA) is 53.5 Å². The van der Waals surface area contributed by atoms with Crippen LogP contribution >= 0.6 is 47.8 Å². The molecule has 0 aromatic heterocycles. The lowest BCUT2D eigenvalue weighted by Gasteiger charge is -2.10. The molecule has 2 N–H and O–H groups in total. The van der Waals surface area contributed by atoms with Gasteiger partial charge < -0.3 is 5.32 Å². The van der Waals surface area contributed by atoms with Crippen molar-refractivity contribution in [2.75, 3.05) is 11.9 Å². The van der Waals surface area contributed by atoms with Gasteiger partial charge in [-0.05, 0) is 57.8 Å². The number of hydrogen-bond donors (Lipinski definition) is 2. The number of amides is 1. The van der Waals surface area contributed by atoms with Crippen LogP contribution in [-0.2, 0) is 4.79 Å². The quantitative estimate of drug-likeness (QED) is 0.550. The van der Waals surface area contributed by atoms with E-state index in [0.717, 1.165) is 24.8 Å². The SMILES string of the molecule is CC(C)=NNC(=O)CNc1c(Br)cc(Br)cc1Br. The van der Waals surface area contributed by atoms with E-state index in [2.05, 4.69) is 63.6 Å². The number of benzene rings is 1. The highest BCUT2D eigenvalue weighted by Gasteiger charge is 2.08. The minimum absolute atomic E-state index is 0.148. The third-order valence-corrected chi connectivity index (χ3v) is 3.55. The van der Waals surface area contributed by atoms with E-state index in [1.807, 2.05) is 26.0 Å². The average Bonchev–Trinajstić information content (AvgIpc) is 2.24. The highest BCUT2D eigenvalue weighted by molar-refractivity contribution is 9.11. The van der Waals surface area contributed by atoms with Gasteiger partial charge in [0.15, 0.2) is 0 Å². The summed E-state index contributed by atoms with van der Waals surface area (Å²) >= 11 is 10.2. The molecule has 0 bridgehead atoms. The van der Waals surface area contributed by atoms with Crippen LogP contribution in [0.3, 0.4) is 0 Å². The Morgan fingerprint density at radius 2 is 1.78 bits per heavy atom. The van der Waals surface area contributed by atoms with Crippen molar-refractivity contribution < 1.29 is 4.79 Å². The molecule has 0 aliphatic rings. The van der Waals surface area contributed by atoms with Gasteiger partial charge in [-0.1, -0.05) is 15.9 Å². The molecule has 0 saturated carbocycles. The summed E-state index contributed by atoms with van der Waals surface area (Å²) in [6.45, 7) is 3.78. The van der Waals surface area contributed by atoms with Crippen molar-refractivity contribution in [1.82, 2.24) is 5.43 Å². The number of nitrogens with zero attached hydrogens (tertiary/aromatic N) is 1. The highest BCUT2D eigenvalue weighted by Crippen LogP contribution is 2.34. The number of carbonyl (C=O) groups excluding carboxylic acids is 1. The van der Waals surface area contributed by atoms with Gasteiger partial charge in [0, 0.05) is 19.1 Å². The molecule has 0 heterocycles. The van der Waals surface area contributed by atoms with Crippen LogP contribution in [0.5, 0.6) is 0 Å². The molecule has 1 aromatic carbocycles. The Labute approximate surface area is 131 Å². The van der Waals surface area contributed by atoms with E-state index in [-0.39, 0.29) is 12.5 Å². The Morgan fingerprint density at radius 3 is 2.28 bits per heavy atom. The van der Waals surface area contributed by atoms with Crippen molar-refractivity contribution in [3.8, 4) is 0 Å². The standard InChI is InChI=1S/C11H12Br3N3O/c1-6(2)16-17-10(18)5-15-11-8(13)3-7(12)4-9(11)14/h3-4,15H,5H2,1-2H3,(H,17,18). The lowest BCUT2D eigenvalue weighted by atomic mass is 10.3. The summed E-state index contributed by atoms with van der Waals surface area (Å²) in [6.07, 6.45) is 0. The maximum atomic E-state index is 11.5. The van der Waals surface area contributed by atoms with Gasteiger partial charge in [-0.3, -0.25) is 4.79 Å². The Balaban J connectivity index is 2.64. The second kappa shape index (κ2) is 7.25. The van der Waals surface area contributed by atoms with Gasteiger partial charge in [0.25, 0.3) is 5.91 Å². The second-order valence-corrected chi connectivity index (χ2v) is 6.32. The summed E-state index contributed by atoms with van der Waals surface area (Å²) in [5, 5.41) is 6.88. The van der Waals surface area contributed by atoms with Crippen LogP contribution in [0.2, 0.25) is 0 Å². The first kappa shape index (κ1) is 15.7. The number of halogens is 3. The zero-order chi connectivity index (χ0) is 13.7. The van der Waals surface area contributed by atoms with E-state index in [9.17, 15) is 4.79 Å². The number of carbonyl (C=O) groups is 1. The molecular weight excluding hydrogens is 430 g/mol. The summed E-state index contributed by atoms with van der Waals surface area (Å²) in [6, 6.07) is 3.80. The molecule has 0 fully saturated rings. The molecule has 0 spiro atoms. The molecule has 1 aromatic rings. The zero-order valence-corrected chi connectivity index (χ0v) is 14.6. The van der Waals surface area contributed by atoms with Gasteiger partial charge in [-0.2, -0.15) is 5.10 Å². The molecule has 7 heteroatoms. The lowest BCUT2D eigenvalue weighted by Crippen LogP contribution is -2.26. The van der Waals surface area contributed by atoms with Crippen molar-refractivity contribution >= 4 is 65.1 Å². The van der Waals surface area contributed by atoms with Gasteiger partial charge in [-0.15, -0.1) is 0 Å². The van der Waals surface area contributed by atoms with E-state index in [0.29, 0.717) is 0 Å². The molecular formula is C11H12Br3N3O.